The Kier molecular flexibility index (Phi) is 1.83. The van der Waals surface area contributed by atoms with Crippen molar-refractivity contribution < 1.29 is 0 Å². The highest BCUT2D eigenvalue weighted by Crippen LogP contribution is 2.32. The van der Waals surface area contributed by atoms with E-state index in [1.807, 2.05) is 0 Å². The second-order valence-electron chi connectivity index (χ2n) is 3.24. The molecular weight excluding hydrogens is 126 g/mol. The van der Waals surface area contributed by atoms with E-state index in [0.717, 1.165) is 12.8 Å². The summed E-state index contributed by atoms with van der Waals surface area (Å²) in [5.74, 6) is 0.226. The molecule has 58 valence electrons. The summed E-state index contributed by atoms with van der Waals surface area (Å²) in [6.45, 7) is 2.11. The molecular formula is C7H15N3. The number of nitrogens with two attached hydrogens (primary N) is 2. The Morgan fingerprint density at radius 2 is 1.80 bits per heavy atom. The predicted molar refractivity (Wildman–Crippen MR) is 42.7 cm³/mol. The summed E-state index contributed by atoms with van der Waals surface area (Å²) in [6.07, 6.45) is 4.77. The lowest BCUT2D eigenvalue weighted by molar-refractivity contribution is 0.490. The second-order valence-corrected chi connectivity index (χ2v) is 3.24. The third kappa shape index (κ3) is 1.62. The molecule has 4 N–H and O–H groups in total. The first-order chi connectivity index (χ1) is 4.62. The van der Waals surface area contributed by atoms with Gasteiger partial charge in [-0.25, -0.2) is 4.99 Å². The molecule has 0 radical (unpaired) electrons. The van der Waals surface area contributed by atoms with Crippen molar-refractivity contribution in [1.29, 1.82) is 0 Å². The minimum Gasteiger partial charge on any atom is -0.370 e. The zero-order chi connectivity index (χ0) is 7.61. The monoisotopic (exact) mass is 141 g/mol. The zero-order valence-corrected chi connectivity index (χ0v) is 6.43. The number of aliphatic imine (C=N–C) groups is 1. The number of nitrogens with zero attached hydrogens (tertiary/aromatic N) is 1. The van der Waals surface area contributed by atoms with Gasteiger partial charge >= 0.3 is 0 Å². The van der Waals surface area contributed by atoms with Crippen molar-refractivity contribution in [3.63, 3.8) is 0 Å². The van der Waals surface area contributed by atoms with E-state index >= 15 is 0 Å². The van der Waals surface area contributed by atoms with E-state index in [-0.39, 0.29) is 11.5 Å². The molecule has 0 aromatic heterocycles. The Labute approximate surface area is 61.5 Å². The predicted octanol–water partition coefficient (Wildman–Crippen LogP) is 0.592. The molecule has 0 bridgehead atoms. The molecule has 1 fully saturated rings. The van der Waals surface area contributed by atoms with Crippen LogP contribution in [0.2, 0.25) is 0 Å². The summed E-state index contributed by atoms with van der Waals surface area (Å²) < 4.78 is 0. The van der Waals surface area contributed by atoms with E-state index in [2.05, 4.69) is 11.9 Å². The molecule has 1 aliphatic carbocycles. The fraction of sp³-hybridized carbons (Fsp3) is 0.857. The largest absolute Gasteiger partial charge is 0.370 e. The van der Waals surface area contributed by atoms with Crippen molar-refractivity contribution >= 4 is 5.96 Å². The maximum Gasteiger partial charge on any atom is 0.186 e. The molecule has 0 unspecified atom stereocenters. The first kappa shape index (κ1) is 7.38. The Balaban J connectivity index is 2.59. The van der Waals surface area contributed by atoms with Crippen LogP contribution >= 0.6 is 0 Å². The molecule has 10 heavy (non-hydrogen) atoms. The second kappa shape index (κ2) is 2.48. The van der Waals surface area contributed by atoms with Crippen LogP contribution in [0.25, 0.3) is 0 Å². The van der Waals surface area contributed by atoms with Gasteiger partial charge < -0.3 is 11.5 Å². The molecule has 0 aliphatic heterocycles. The summed E-state index contributed by atoms with van der Waals surface area (Å²) in [5.41, 5.74) is 10.6. The van der Waals surface area contributed by atoms with Gasteiger partial charge in [0.1, 0.15) is 0 Å². The SMILES string of the molecule is CC1(N=C(N)N)CCCC1. The van der Waals surface area contributed by atoms with Crippen molar-refractivity contribution in [2.75, 3.05) is 0 Å². The van der Waals surface area contributed by atoms with E-state index in [1.54, 1.807) is 0 Å². The Bertz CT molecular complexity index is 141. The van der Waals surface area contributed by atoms with E-state index < -0.39 is 0 Å². The number of hydrogen-bond donors (Lipinski definition) is 2. The summed E-state index contributed by atoms with van der Waals surface area (Å²) in [4.78, 5) is 4.18. The molecule has 0 aromatic rings. The molecule has 0 heterocycles. The van der Waals surface area contributed by atoms with E-state index in [9.17, 15) is 0 Å². The smallest absolute Gasteiger partial charge is 0.186 e. The topological polar surface area (TPSA) is 64.4 Å². The van der Waals surface area contributed by atoms with Gasteiger partial charge in [-0.05, 0) is 19.8 Å². The van der Waals surface area contributed by atoms with Gasteiger partial charge in [0.15, 0.2) is 5.96 Å². The first-order valence-electron chi connectivity index (χ1n) is 3.73. The summed E-state index contributed by atoms with van der Waals surface area (Å²) in [5, 5.41) is 0. The Morgan fingerprint density at radius 3 is 2.20 bits per heavy atom. The zero-order valence-electron chi connectivity index (χ0n) is 6.43. The van der Waals surface area contributed by atoms with Gasteiger partial charge in [-0.1, -0.05) is 12.8 Å². The van der Waals surface area contributed by atoms with Gasteiger partial charge in [0.25, 0.3) is 0 Å². The molecule has 0 saturated heterocycles. The highest BCUT2D eigenvalue weighted by Gasteiger charge is 2.27. The van der Waals surface area contributed by atoms with E-state index in [4.69, 9.17) is 11.5 Å². The van der Waals surface area contributed by atoms with Crippen molar-refractivity contribution in [3.05, 3.63) is 0 Å². The van der Waals surface area contributed by atoms with Gasteiger partial charge in [0.05, 0.1) is 5.54 Å². The molecule has 0 amide bonds. The van der Waals surface area contributed by atoms with Crippen LogP contribution in [0.5, 0.6) is 0 Å². The molecule has 3 heteroatoms. The van der Waals surface area contributed by atoms with Gasteiger partial charge in [0, 0.05) is 0 Å². The van der Waals surface area contributed by atoms with Crippen LogP contribution in [0.1, 0.15) is 32.6 Å². The van der Waals surface area contributed by atoms with Crippen molar-refractivity contribution in [3.8, 4) is 0 Å². The minimum atomic E-state index is 0.0544. The van der Waals surface area contributed by atoms with E-state index in [1.165, 1.54) is 12.8 Å². The lowest BCUT2D eigenvalue weighted by Gasteiger charge is -2.17. The molecule has 0 atom stereocenters. The third-order valence-corrected chi connectivity index (χ3v) is 2.08. The first-order valence-corrected chi connectivity index (χ1v) is 3.73. The molecule has 0 aromatic carbocycles. The van der Waals surface area contributed by atoms with Crippen LogP contribution < -0.4 is 11.5 Å². The van der Waals surface area contributed by atoms with Crippen LogP contribution in [0.15, 0.2) is 4.99 Å². The molecule has 0 spiro atoms. The van der Waals surface area contributed by atoms with Crippen molar-refractivity contribution in [1.82, 2.24) is 0 Å². The van der Waals surface area contributed by atoms with Crippen molar-refractivity contribution in [2.24, 2.45) is 16.5 Å². The summed E-state index contributed by atoms with van der Waals surface area (Å²) in [7, 11) is 0. The van der Waals surface area contributed by atoms with Crippen molar-refractivity contribution in [2.45, 2.75) is 38.1 Å². The third-order valence-electron chi connectivity index (χ3n) is 2.08. The normalized spacial score (nSPS) is 22.5. The van der Waals surface area contributed by atoms with Crippen LogP contribution in [0, 0.1) is 0 Å². The van der Waals surface area contributed by atoms with E-state index in [0.29, 0.717) is 0 Å². The molecule has 1 aliphatic rings. The maximum atomic E-state index is 5.29. The molecule has 1 saturated carbocycles. The van der Waals surface area contributed by atoms with Crippen LogP contribution in [-0.2, 0) is 0 Å². The molecule has 3 nitrogen and oxygen atoms in total. The standard InChI is InChI=1S/C7H15N3/c1-7(10-6(8)9)4-2-3-5-7/h2-5H2,1H3,(H4,8,9,10). The number of hydrogen-bond acceptors (Lipinski definition) is 1. The summed E-state index contributed by atoms with van der Waals surface area (Å²) >= 11 is 0. The van der Waals surface area contributed by atoms with Crippen LogP contribution in [0.4, 0.5) is 0 Å². The lowest BCUT2D eigenvalue weighted by atomic mass is 10.0. The fourth-order valence-corrected chi connectivity index (χ4v) is 1.56. The maximum absolute atomic E-state index is 5.29. The average molecular weight is 141 g/mol. The van der Waals surface area contributed by atoms with Gasteiger partial charge in [-0.15, -0.1) is 0 Å². The highest BCUT2D eigenvalue weighted by atomic mass is 15.0. The number of guanidine groups is 1. The van der Waals surface area contributed by atoms with Crippen LogP contribution in [0.3, 0.4) is 0 Å². The Hall–Kier alpha value is -0.730. The van der Waals surface area contributed by atoms with Crippen LogP contribution in [-0.4, -0.2) is 11.5 Å². The van der Waals surface area contributed by atoms with Gasteiger partial charge in [0.2, 0.25) is 0 Å². The fourth-order valence-electron chi connectivity index (χ4n) is 1.56. The van der Waals surface area contributed by atoms with Gasteiger partial charge in [-0.2, -0.15) is 0 Å². The quantitative estimate of drug-likeness (QED) is 0.414. The highest BCUT2D eigenvalue weighted by molar-refractivity contribution is 5.76. The summed E-state index contributed by atoms with van der Waals surface area (Å²) in [6, 6.07) is 0. The average Bonchev–Trinajstić information content (AvgIpc) is 2.12. The lowest BCUT2D eigenvalue weighted by Crippen LogP contribution is -2.29. The number of rotatable bonds is 1. The Morgan fingerprint density at radius 1 is 1.30 bits per heavy atom. The molecule has 1 rings (SSSR count). The van der Waals surface area contributed by atoms with Gasteiger partial charge in [-0.3, -0.25) is 0 Å². The minimum absolute atomic E-state index is 0.0544.